The summed E-state index contributed by atoms with van der Waals surface area (Å²) in [6, 6.07) is 1.92. The van der Waals surface area contributed by atoms with Crippen molar-refractivity contribution in [3.8, 4) is 17.2 Å². The van der Waals surface area contributed by atoms with Crippen LogP contribution < -0.4 is 4.74 Å². The van der Waals surface area contributed by atoms with E-state index in [1.165, 1.54) is 0 Å². The van der Waals surface area contributed by atoms with Crippen LogP contribution in [0.2, 0.25) is 0 Å². The van der Waals surface area contributed by atoms with Gasteiger partial charge in [-0.15, -0.1) is 0 Å². The lowest BCUT2D eigenvalue weighted by molar-refractivity contribution is -0.331. The minimum Gasteiger partial charge on any atom is -0.507 e. The number of ether oxygens (including phenoxy) is 6. The zero-order chi connectivity index (χ0) is 30.2. The van der Waals surface area contributed by atoms with Gasteiger partial charge in [0.05, 0.1) is 26.4 Å². The van der Waals surface area contributed by atoms with Gasteiger partial charge in [0.2, 0.25) is 6.29 Å². The first-order chi connectivity index (χ1) is 19.3. The second kappa shape index (κ2) is 12.6. The number of ketones is 1. The normalized spacial score (nSPS) is 41.3. The molecule has 3 aliphatic heterocycles. The van der Waals surface area contributed by atoms with E-state index in [0.717, 1.165) is 19.1 Å². The molecule has 0 spiro atoms. The van der Waals surface area contributed by atoms with Crippen LogP contribution in [0, 0.1) is 0 Å². The number of carbonyl (C=O) groups is 1. The van der Waals surface area contributed by atoms with Gasteiger partial charge in [0.25, 0.3) is 0 Å². The van der Waals surface area contributed by atoms with Crippen molar-refractivity contribution in [3.05, 3.63) is 17.7 Å². The molecule has 17 heteroatoms. The summed E-state index contributed by atoms with van der Waals surface area (Å²) >= 11 is 0. The number of benzene rings is 1. The third-order valence-corrected chi connectivity index (χ3v) is 7.07. The molecule has 17 nitrogen and oxygen atoms in total. The van der Waals surface area contributed by atoms with Crippen molar-refractivity contribution in [1.82, 2.24) is 0 Å². The van der Waals surface area contributed by atoms with Crippen LogP contribution in [0.3, 0.4) is 0 Å². The van der Waals surface area contributed by atoms with Crippen molar-refractivity contribution in [2.45, 2.75) is 80.2 Å². The third-order valence-electron chi connectivity index (χ3n) is 7.07. The Morgan fingerprint density at radius 1 is 0.951 bits per heavy atom. The molecule has 0 bridgehead atoms. The lowest BCUT2D eigenvalue weighted by Gasteiger charge is -2.43. The van der Waals surface area contributed by atoms with E-state index in [4.69, 9.17) is 28.4 Å². The third kappa shape index (κ3) is 6.42. The highest BCUT2D eigenvalue weighted by Gasteiger charge is 2.54. The fourth-order valence-electron chi connectivity index (χ4n) is 4.61. The maximum absolute atomic E-state index is 11.7. The highest BCUT2D eigenvalue weighted by molar-refractivity contribution is 5.99. The smallest absolute Gasteiger partial charge is 0.229 e. The molecule has 0 saturated carbocycles. The Bertz CT molecular complexity index is 1050. The van der Waals surface area contributed by atoms with Crippen molar-refractivity contribution >= 4 is 5.78 Å². The van der Waals surface area contributed by atoms with Gasteiger partial charge in [0.15, 0.2) is 24.5 Å². The van der Waals surface area contributed by atoms with Crippen LogP contribution in [0.5, 0.6) is 17.2 Å². The Balaban J connectivity index is 1.55. The largest absolute Gasteiger partial charge is 0.507 e. The number of rotatable bonds is 9. The molecule has 3 fully saturated rings. The molecule has 0 amide bonds. The molecule has 3 heterocycles. The van der Waals surface area contributed by atoms with Crippen molar-refractivity contribution in [2.75, 3.05) is 26.4 Å². The maximum Gasteiger partial charge on any atom is 0.229 e. The van der Waals surface area contributed by atoms with Gasteiger partial charge in [-0.3, -0.25) is 4.79 Å². The topological polar surface area (TPSA) is 275 Å². The summed E-state index contributed by atoms with van der Waals surface area (Å²) in [5.74, 6) is -2.22. The molecule has 232 valence electrons. The summed E-state index contributed by atoms with van der Waals surface area (Å²) in [5, 5.41) is 102. The van der Waals surface area contributed by atoms with Crippen LogP contribution in [0.4, 0.5) is 0 Å². The van der Waals surface area contributed by atoms with Crippen molar-refractivity contribution in [3.63, 3.8) is 0 Å². The average molecular weight is 595 g/mol. The summed E-state index contributed by atoms with van der Waals surface area (Å²) in [4.78, 5) is 11.7. The summed E-state index contributed by atoms with van der Waals surface area (Å²) < 4.78 is 32.7. The average Bonchev–Trinajstić information content (AvgIpc) is 3.20. The standard InChI is InChI=1S/C24H34O17/c1-8(26)14-10(27)2-9(3-11(14)28)39-22-19(41-23-20(34)24(35,6-25)7-38-23)17(32)16(31)13(40-22)5-37-21-18(33)15(30)12(29)4-36-21/h2-3,12-13,15-23,25,27-35H,4-7H2,1H3/t12-,13-,15-,16-,17+,18+,19-,20-,21+,22-,23-,24+/m0/s1. The quantitative estimate of drug-likeness (QED) is 0.120. The van der Waals surface area contributed by atoms with Gasteiger partial charge in [-0.2, -0.15) is 0 Å². The highest BCUT2D eigenvalue weighted by atomic mass is 16.8. The number of phenolic OH excluding ortho intramolecular Hbond substituents is 2. The summed E-state index contributed by atoms with van der Waals surface area (Å²) in [7, 11) is 0. The van der Waals surface area contributed by atoms with Crippen LogP contribution in [0.25, 0.3) is 0 Å². The number of Topliss-reactive ketones (excluding diaryl/α,β-unsaturated/α-hetero) is 1. The van der Waals surface area contributed by atoms with Gasteiger partial charge in [0, 0.05) is 12.1 Å². The molecule has 12 atom stereocenters. The van der Waals surface area contributed by atoms with E-state index < -0.39 is 110 Å². The number of aromatic hydroxyl groups is 2. The van der Waals surface area contributed by atoms with E-state index in [9.17, 15) is 55.9 Å². The predicted octanol–water partition coefficient (Wildman–Crippen LogP) is -4.59. The van der Waals surface area contributed by atoms with E-state index in [2.05, 4.69) is 0 Å². The second-order valence-electron chi connectivity index (χ2n) is 10.1. The molecule has 1 aromatic carbocycles. The minimum absolute atomic E-state index is 0.283. The van der Waals surface area contributed by atoms with Crippen LogP contribution in [0.15, 0.2) is 12.1 Å². The lowest BCUT2D eigenvalue weighted by atomic mass is 9.98. The SMILES string of the molecule is CC(=O)c1c(O)cc(O[C@H]2O[C@@H](CO[C@H]3OC[C@H](O)[C@H](O)[C@H]3O)[C@H](O)[C@@H](O)[C@@H]2O[C@@H]2OC[C@](O)(CO)[C@H]2O)cc1O. The molecule has 41 heavy (non-hydrogen) atoms. The Morgan fingerprint density at radius 2 is 1.61 bits per heavy atom. The Hall–Kier alpha value is -2.23. The first kappa shape index (κ1) is 31.7. The Labute approximate surface area is 232 Å². The zero-order valence-corrected chi connectivity index (χ0v) is 21.7. The van der Waals surface area contributed by atoms with Crippen LogP contribution in [-0.4, -0.2) is 157 Å². The molecule has 1 aromatic rings. The van der Waals surface area contributed by atoms with E-state index in [-0.39, 0.29) is 17.9 Å². The Kier molecular flexibility index (Phi) is 9.71. The van der Waals surface area contributed by atoms with E-state index in [1.54, 1.807) is 0 Å². The molecular formula is C24H34O17. The van der Waals surface area contributed by atoms with Gasteiger partial charge in [-0.05, 0) is 6.92 Å². The number of phenols is 2. The molecule has 10 N–H and O–H groups in total. The maximum atomic E-state index is 11.7. The fourth-order valence-corrected chi connectivity index (χ4v) is 4.61. The van der Waals surface area contributed by atoms with Crippen LogP contribution in [0.1, 0.15) is 17.3 Å². The van der Waals surface area contributed by atoms with E-state index in [0.29, 0.717) is 0 Å². The summed E-state index contributed by atoms with van der Waals surface area (Å²) in [5.41, 5.74) is -2.48. The van der Waals surface area contributed by atoms with Gasteiger partial charge in [-0.1, -0.05) is 0 Å². The number of hydrogen-bond acceptors (Lipinski definition) is 17. The molecule has 0 radical (unpaired) electrons. The number of hydrogen-bond donors (Lipinski definition) is 10. The van der Waals surface area contributed by atoms with Crippen molar-refractivity contribution in [1.29, 1.82) is 0 Å². The molecule has 4 rings (SSSR count). The minimum atomic E-state index is -2.09. The fraction of sp³-hybridized carbons (Fsp3) is 0.708. The van der Waals surface area contributed by atoms with Gasteiger partial charge in [-0.25, -0.2) is 0 Å². The zero-order valence-electron chi connectivity index (χ0n) is 21.7. The van der Waals surface area contributed by atoms with Crippen molar-refractivity contribution in [2.24, 2.45) is 0 Å². The Morgan fingerprint density at radius 3 is 2.20 bits per heavy atom. The molecule has 0 unspecified atom stereocenters. The van der Waals surface area contributed by atoms with Crippen LogP contribution >= 0.6 is 0 Å². The first-order valence-corrected chi connectivity index (χ1v) is 12.6. The highest BCUT2D eigenvalue weighted by Crippen LogP contribution is 2.36. The van der Waals surface area contributed by atoms with E-state index in [1.807, 2.05) is 0 Å². The van der Waals surface area contributed by atoms with Crippen LogP contribution in [-0.2, 0) is 23.7 Å². The van der Waals surface area contributed by atoms with Gasteiger partial charge in [0.1, 0.15) is 71.1 Å². The first-order valence-electron chi connectivity index (χ1n) is 12.6. The summed E-state index contributed by atoms with van der Waals surface area (Å²) in [6.45, 7) is -1.25. The number of carbonyl (C=O) groups excluding carboxylic acids is 1. The second-order valence-corrected chi connectivity index (χ2v) is 10.1. The van der Waals surface area contributed by atoms with Gasteiger partial charge >= 0.3 is 0 Å². The van der Waals surface area contributed by atoms with Gasteiger partial charge < -0.3 is 79.5 Å². The predicted molar refractivity (Wildman–Crippen MR) is 127 cm³/mol. The van der Waals surface area contributed by atoms with Crippen molar-refractivity contribution < 1.29 is 84.3 Å². The molecule has 3 aliphatic rings. The summed E-state index contributed by atoms with van der Waals surface area (Å²) in [6.07, 6.45) is -17.9. The molecule has 0 aromatic heterocycles. The molecule has 0 aliphatic carbocycles. The molecule has 3 saturated heterocycles. The lowest BCUT2D eigenvalue weighted by Crippen LogP contribution is -2.63. The number of aliphatic hydroxyl groups excluding tert-OH is 7. The monoisotopic (exact) mass is 594 g/mol. The van der Waals surface area contributed by atoms with E-state index >= 15 is 0 Å². The molecular weight excluding hydrogens is 560 g/mol. The number of aliphatic hydroxyl groups is 8.